The van der Waals surface area contributed by atoms with E-state index in [1.165, 1.54) is 0 Å². The maximum atomic E-state index is 10.0. The molecule has 1 rings (SSSR count). The molecule has 0 saturated heterocycles. The molecule has 1 aromatic carbocycles. The van der Waals surface area contributed by atoms with E-state index in [0.717, 1.165) is 28.6 Å². The molecule has 0 spiro atoms. The highest BCUT2D eigenvalue weighted by Crippen LogP contribution is 2.25. The number of rotatable bonds is 9. The quantitative estimate of drug-likeness (QED) is 0.634. The van der Waals surface area contributed by atoms with Crippen molar-refractivity contribution in [3.63, 3.8) is 0 Å². The lowest BCUT2D eigenvalue weighted by Gasteiger charge is -2.32. The fraction of sp³-hybridized carbons (Fsp3) is 0.625. The Kier molecular flexibility index (Phi) is 7.66. The normalized spacial score (nSPS) is 13.2. The van der Waals surface area contributed by atoms with Crippen LogP contribution in [0.2, 0.25) is 0 Å². The van der Waals surface area contributed by atoms with Crippen molar-refractivity contribution in [2.45, 2.75) is 45.3 Å². The highest BCUT2D eigenvalue weighted by molar-refractivity contribution is 9.10. The van der Waals surface area contributed by atoms with Gasteiger partial charge in [-0.05, 0) is 53.4 Å². The molecule has 0 aliphatic heterocycles. The summed E-state index contributed by atoms with van der Waals surface area (Å²) in [4.78, 5) is 0. The minimum absolute atomic E-state index is 0.0666. The first-order valence-corrected chi connectivity index (χ1v) is 8.18. The Labute approximate surface area is 135 Å². The van der Waals surface area contributed by atoms with E-state index < -0.39 is 6.10 Å². The number of aryl methyl sites for hydroxylation is 1. The second kappa shape index (κ2) is 8.73. The summed E-state index contributed by atoms with van der Waals surface area (Å²) in [5, 5.41) is 22.7. The van der Waals surface area contributed by atoms with E-state index in [1.807, 2.05) is 39.0 Å². The Morgan fingerprint density at radius 2 is 2.00 bits per heavy atom. The first-order valence-electron chi connectivity index (χ1n) is 7.39. The Morgan fingerprint density at radius 3 is 2.52 bits per heavy atom. The van der Waals surface area contributed by atoms with Crippen LogP contribution >= 0.6 is 15.9 Å². The second-order valence-electron chi connectivity index (χ2n) is 5.43. The zero-order chi connectivity index (χ0) is 15.9. The number of β-amino-alcohol motifs (C(OH)–C–C–N with tert-alkyl or cyclic N) is 1. The summed E-state index contributed by atoms with van der Waals surface area (Å²) >= 11 is 3.45. The molecule has 0 aromatic heterocycles. The third-order valence-electron chi connectivity index (χ3n) is 3.89. The molecule has 5 heteroatoms. The van der Waals surface area contributed by atoms with Gasteiger partial charge < -0.3 is 20.3 Å². The first kappa shape index (κ1) is 18.4. The molecule has 0 radical (unpaired) electrons. The molecular weight excluding hydrogens is 334 g/mol. The summed E-state index contributed by atoms with van der Waals surface area (Å²) in [6.07, 6.45) is 1.01. The van der Waals surface area contributed by atoms with Crippen molar-refractivity contribution < 1.29 is 14.9 Å². The molecule has 1 aromatic rings. The van der Waals surface area contributed by atoms with Crippen LogP contribution in [-0.4, -0.2) is 41.6 Å². The van der Waals surface area contributed by atoms with Gasteiger partial charge in [0.15, 0.2) is 0 Å². The maximum absolute atomic E-state index is 10.0. The third kappa shape index (κ3) is 5.58. The van der Waals surface area contributed by atoms with E-state index >= 15 is 0 Å². The van der Waals surface area contributed by atoms with Crippen LogP contribution in [0.1, 0.15) is 32.3 Å². The molecule has 0 amide bonds. The van der Waals surface area contributed by atoms with E-state index in [0.29, 0.717) is 6.54 Å². The molecule has 0 aliphatic rings. The van der Waals surface area contributed by atoms with E-state index in [4.69, 9.17) is 4.74 Å². The second-order valence-corrected chi connectivity index (χ2v) is 6.28. The van der Waals surface area contributed by atoms with Crippen LogP contribution in [0.4, 0.5) is 0 Å². The van der Waals surface area contributed by atoms with Gasteiger partial charge in [-0.3, -0.25) is 0 Å². The largest absolute Gasteiger partial charge is 0.490 e. The van der Waals surface area contributed by atoms with Crippen molar-refractivity contribution >= 4 is 15.9 Å². The van der Waals surface area contributed by atoms with Crippen LogP contribution in [0, 0.1) is 6.92 Å². The summed E-state index contributed by atoms with van der Waals surface area (Å²) in [6, 6.07) is 5.83. The molecule has 0 fully saturated rings. The number of benzene rings is 1. The summed E-state index contributed by atoms with van der Waals surface area (Å²) < 4.78 is 6.50. The molecule has 1 unspecified atom stereocenters. The number of aliphatic hydroxyl groups is 2. The Morgan fingerprint density at radius 1 is 1.33 bits per heavy atom. The zero-order valence-corrected chi connectivity index (χ0v) is 14.6. The van der Waals surface area contributed by atoms with E-state index in [1.54, 1.807) is 0 Å². The molecule has 0 heterocycles. The molecule has 0 aliphatic carbocycles. The molecule has 21 heavy (non-hydrogen) atoms. The van der Waals surface area contributed by atoms with Crippen molar-refractivity contribution in [1.29, 1.82) is 0 Å². The summed E-state index contributed by atoms with van der Waals surface area (Å²) in [7, 11) is 0. The van der Waals surface area contributed by atoms with Crippen LogP contribution in [0.25, 0.3) is 0 Å². The number of hydrogen-bond acceptors (Lipinski definition) is 4. The predicted molar refractivity (Wildman–Crippen MR) is 88.8 cm³/mol. The summed E-state index contributed by atoms with van der Waals surface area (Å²) in [5.41, 5.74) is 0.834. The van der Waals surface area contributed by atoms with Gasteiger partial charge in [-0.2, -0.15) is 0 Å². The average molecular weight is 360 g/mol. The number of hydrogen-bond donors (Lipinski definition) is 3. The van der Waals surface area contributed by atoms with E-state index in [-0.39, 0.29) is 18.8 Å². The van der Waals surface area contributed by atoms with Crippen LogP contribution in [-0.2, 0) is 0 Å². The van der Waals surface area contributed by atoms with Gasteiger partial charge in [-0.15, -0.1) is 0 Å². The van der Waals surface area contributed by atoms with Gasteiger partial charge in [-0.25, -0.2) is 0 Å². The van der Waals surface area contributed by atoms with Crippen molar-refractivity contribution in [2.75, 3.05) is 19.8 Å². The molecule has 120 valence electrons. The number of ether oxygens (including phenoxy) is 1. The van der Waals surface area contributed by atoms with Gasteiger partial charge >= 0.3 is 0 Å². The maximum Gasteiger partial charge on any atom is 0.133 e. The summed E-state index contributed by atoms with van der Waals surface area (Å²) in [6.45, 7) is 6.74. The van der Waals surface area contributed by atoms with Crippen molar-refractivity contribution in [3.05, 3.63) is 28.2 Å². The minimum Gasteiger partial charge on any atom is -0.490 e. The molecule has 0 bridgehead atoms. The fourth-order valence-electron chi connectivity index (χ4n) is 2.08. The molecular formula is C16H26BrNO3. The van der Waals surface area contributed by atoms with Crippen molar-refractivity contribution in [3.8, 4) is 5.75 Å². The molecule has 0 saturated carbocycles. The lowest BCUT2D eigenvalue weighted by molar-refractivity contribution is 0.0810. The number of halogens is 1. The van der Waals surface area contributed by atoms with Crippen LogP contribution in [0.5, 0.6) is 5.75 Å². The van der Waals surface area contributed by atoms with Gasteiger partial charge in [0.25, 0.3) is 0 Å². The lowest BCUT2D eigenvalue weighted by Crippen LogP contribution is -2.50. The van der Waals surface area contributed by atoms with Gasteiger partial charge in [-0.1, -0.05) is 19.9 Å². The Bertz CT molecular complexity index is 427. The number of aliphatic hydroxyl groups excluding tert-OH is 2. The van der Waals surface area contributed by atoms with Crippen LogP contribution in [0.15, 0.2) is 22.7 Å². The van der Waals surface area contributed by atoms with Gasteiger partial charge in [0, 0.05) is 12.1 Å². The number of nitrogens with one attached hydrogen (secondary N) is 1. The van der Waals surface area contributed by atoms with Gasteiger partial charge in [0.1, 0.15) is 18.5 Å². The Balaban J connectivity index is 2.45. The van der Waals surface area contributed by atoms with Crippen LogP contribution in [0.3, 0.4) is 0 Å². The third-order valence-corrected chi connectivity index (χ3v) is 4.51. The smallest absolute Gasteiger partial charge is 0.133 e. The lowest BCUT2D eigenvalue weighted by atomic mass is 9.94. The fourth-order valence-corrected chi connectivity index (χ4v) is 2.69. The SMILES string of the molecule is CCC(CC)(CO)NCC(O)COc1ccc(C)cc1Br. The van der Waals surface area contributed by atoms with Gasteiger partial charge in [0.2, 0.25) is 0 Å². The zero-order valence-electron chi connectivity index (χ0n) is 13.0. The predicted octanol–water partition coefficient (Wildman–Crippen LogP) is 2.64. The monoisotopic (exact) mass is 359 g/mol. The Hall–Kier alpha value is -0.620. The first-order chi connectivity index (χ1) is 9.96. The highest BCUT2D eigenvalue weighted by Gasteiger charge is 2.25. The summed E-state index contributed by atoms with van der Waals surface area (Å²) in [5.74, 6) is 0.721. The average Bonchev–Trinajstić information content (AvgIpc) is 2.48. The topological polar surface area (TPSA) is 61.7 Å². The van der Waals surface area contributed by atoms with Gasteiger partial charge in [0.05, 0.1) is 11.1 Å². The standard InChI is InChI=1S/C16H26BrNO3/c1-4-16(5-2,11-19)18-9-13(20)10-21-15-7-6-12(3)8-14(15)17/h6-8,13,18-20H,4-5,9-11H2,1-3H3. The van der Waals surface area contributed by atoms with E-state index in [9.17, 15) is 10.2 Å². The van der Waals surface area contributed by atoms with Crippen LogP contribution < -0.4 is 10.1 Å². The molecule has 3 N–H and O–H groups in total. The minimum atomic E-state index is -0.623. The van der Waals surface area contributed by atoms with E-state index in [2.05, 4.69) is 21.2 Å². The van der Waals surface area contributed by atoms with Crippen molar-refractivity contribution in [2.24, 2.45) is 0 Å². The van der Waals surface area contributed by atoms with Crippen molar-refractivity contribution in [1.82, 2.24) is 5.32 Å². The molecule has 1 atom stereocenters. The highest BCUT2D eigenvalue weighted by atomic mass is 79.9. The molecule has 4 nitrogen and oxygen atoms in total.